The summed E-state index contributed by atoms with van der Waals surface area (Å²) in [6, 6.07) is 24.9. The highest BCUT2D eigenvalue weighted by atomic mass is 16.5. The minimum atomic E-state index is -1.01. The zero-order valence-corrected chi connectivity index (χ0v) is 18.6. The van der Waals surface area contributed by atoms with E-state index < -0.39 is 17.9 Å². The number of hydrogen-bond donors (Lipinski definition) is 0. The zero-order chi connectivity index (χ0) is 22.9. The minimum absolute atomic E-state index is 0.208. The average Bonchev–Trinajstić information content (AvgIpc) is 3.21. The number of benzene rings is 3. The molecule has 0 N–H and O–H groups in total. The van der Waals surface area contributed by atoms with Crippen molar-refractivity contribution in [1.29, 1.82) is 0 Å². The monoisotopic (exact) mass is 439 g/mol. The SMILES string of the molecule is CCOC(=O)C1C(=O)N(Cc2ccc(C)cc2)c2nc3ccccc3n2C1c1ccccc1. The molecule has 2 atom stereocenters. The second kappa shape index (κ2) is 8.54. The summed E-state index contributed by atoms with van der Waals surface area (Å²) in [6.45, 7) is 4.31. The second-order valence-corrected chi connectivity index (χ2v) is 8.27. The minimum Gasteiger partial charge on any atom is -0.465 e. The number of hydrogen-bond acceptors (Lipinski definition) is 4. The molecule has 6 nitrogen and oxygen atoms in total. The van der Waals surface area contributed by atoms with Crippen LogP contribution in [0.1, 0.15) is 29.7 Å². The Morgan fingerprint density at radius 3 is 2.39 bits per heavy atom. The van der Waals surface area contributed by atoms with E-state index >= 15 is 0 Å². The highest BCUT2D eigenvalue weighted by Gasteiger charge is 2.47. The summed E-state index contributed by atoms with van der Waals surface area (Å²) in [7, 11) is 0. The van der Waals surface area contributed by atoms with E-state index in [2.05, 4.69) is 0 Å². The normalized spacial score (nSPS) is 17.8. The largest absolute Gasteiger partial charge is 0.465 e. The first-order valence-corrected chi connectivity index (χ1v) is 11.1. The number of nitrogens with zero attached hydrogens (tertiary/aromatic N) is 3. The number of anilines is 1. The molecule has 0 saturated heterocycles. The van der Waals surface area contributed by atoms with Crippen LogP contribution in [0.5, 0.6) is 0 Å². The average molecular weight is 440 g/mol. The van der Waals surface area contributed by atoms with Crippen LogP contribution >= 0.6 is 0 Å². The molecule has 1 aliphatic rings. The van der Waals surface area contributed by atoms with E-state index in [1.165, 1.54) is 0 Å². The molecular weight excluding hydrogens is 414 g/mol. The lowest BCUT2D eigenvalue weighted by Crippen LogP contribution is -2.49. The Balaban J connectivity index is 1.73. The van der Waals surface area contributed by atoms with Crippen molar-refractivity contribution in [2.24, 2.45) is 5.92 Å². The van der Waals surface area contributed by atoms with Crippen molar-refractivity contribution in [2.45, 2.75) is 26.4 Å². The van der Waals surface area contributed by atoms with Crippen LogP contribution in [0.25, 0.3) is 11.0 Å². The van der Waals surface area contributed by atoms with Crippen molar-refractivity contribution >= 4 is 28.9 Å². The maximum absolute atomic E-state index is 13.9. The summed E-state index contributed by atoms with van der Waals surface area (Å²) in [6.07, 6.45) is 0. The van der Waals surface area contributed by atoms with Crippen LogP contribution in [0.3, 0.4) is 0 Å². The predicted octanol–water partition coefficient (Wildman–Crippen LogP) is 4.66. The molecule has 4 aromatic rings. The van der Waals surface area contributed by atoms with Gasteiger partial charge in [-0.15, -0.1) is 0 Å². The fourth-order valence-electron chi connectivity index (χ4n) is 4.53. The lowest BCUT2D eigenvalue weighted by molar-refractivity contribution is -0.153. The number of para-hydroxylation sites is 2. The molecule has 2 heterocycles. The van der Waals surface area contributed by atoms with Crippen LogP contribution in [0, 0.1) is 12.8 Å². The summed E-state index contributed by atoms with van der Waals surface area (Å²) < 4.78 is 7.42. The van der Waals surface area contributed by atoms with Gasteiger partial charge in [-0.25, -0.2) is 4.98 Å². The second-order valence-electron chi connectivity index (χ2n) is 8.27. The van der Waals surface area contributed by atoms with Gasteiger partial charge in [-0.1, -0.05) is 72.3 Å². The van der Waals surface area contributed by atoms with Crippen molar-refractivity contribution in [3.05, 3.63) is 95.6 Å². The van der Waals surface area contributed by atoms with Gasteiger partial charge >= 0.3 is 5.97 Å². The van der Waals surface area contributed by atoms with Gasteiger partial charge in [0.25, 0.3) is 0 Å². The smallest absolute Gasteiger partial charge is 0.321 e. The summed E-state index contributed by atoms with van der Waals surface area (Å²) >= 11 is 0. The third-order valence-corrected chi connectivity index (χ3v) is 6.09. The first kappa shape index (κ1) is 20.9. The number of ether oxygens (including phenoxy) is 1. The molecule has 5 rings (SSSR count). The summed E-state index contributed by atoms with van der Waals surface area (Å²) in [5.41, 5.74) is 4.62. The Kier molecular flexibility index (Phi) is 5.42. The molecule has 0 radical (unpaired) electrons. The highest BCUT2D eigenvalue weighted by molar-refractivity contribution is 6.08. The molecule has 2 unspecified atom stereocenters. The van der Waals surface area contributed by atoms with Crippen LogP contribution in [0.15, 0.2) is 78.9 Å². The van der Waals surface area contributed by atoms with Gasteiger partial charge in [-0.05, 0) is 37.1 Å². The number of rotatable bonds is 5. The number of amides is 1. The van der Waals surface area contributed by atoms with Crippen molar-refractivity contribution < 1.29 is 14.3 Å². The van der Waals surface area contributed by atoms with E-state index in [1.807, 2.05) is 90.4 Å². The molecule has 3 aromatic carbocycles. The van der Waals surface area contributed by atoms with Crippen molar-refractivity contribution in [2.75, 3.05) is 11.5 Å². The molecule has 1 aromatic heterocycles. The van der Waals surface area contributed by atoms with Gasteiger partial charge in [-0.2, -0.15) is 0 Å². The Morgan fingerprint density at radius 1 is 0.970 bits per heavy atom. The number of carbonyl (C=O) groups is 2. The lowest BCUT2D eigenvalue weighted by atomic mass is 9.89. The molecule has 0 aliphatic carbocycles. The zero-order valence-electron chi connectivity index (χ0n) is 18.6. The molecule has 0 saturated carbocycles. The van der Waals surface area contributed by atoms with Crippen molar-refractivity contribution in [3.63, 3.8) is 0 Å². The molecule has 1 aliphatic heterocycles. The molecule has 33 heavy (non-hydrogen) atoms. The molecule has 166 valence electrons. The van der Waals surface area contributed by atoms with E-state index in [0.717, 1.165) is 27.7 Å². The quantitative estimate of drug-likeness (QED) is 0.335. The van der Waals surface area contributed by atoms with Crippen LogP contribution in [0.2, 0.25) is 0 Å². The van der Waals surface area contributed by atoms with E-state index in [4.69, 9.17) is 9.72 Å². The van der Waals surface area contributed by atoms with E-state index in [0.29, 0.717) is 12.5 Å². The Bertz CT molecular complexity index is 1310. The van der Waals surface area contributed by atoms with Crippen molar-refractivity contribution in [1.82, 2.24) is 9.55 Å². The van der Waals surface area contributed by atoms with Gasteiger partial charge in [0, 0.05) is 0 Å². The molecule has 1 amide bonds. The van der Waals surface area contributed by atoms with Crippen LogP contribution in [-0.2, 0) is 20.9 Å². The first-order chi connectivity index (χ1) is 16.1. The fraction of sp³-hybridized carbons (Fsp3) is 0.222. The fourth-order valence-corrected chi connectivity index (χ4v) is 4.53. The maximum atomic E-state index is 13.9. The number of aromatic nitrogens is 2. The molecule has 0 bridgehead atoms. The first-order valence-electron chi connectivity index (χ1n) is 11.1. The number of esters is 1. The van der Waals surface area contributed by atoms with Crippen LogP contribution < -0.4 is 4.90 Å². The van der Waals surface area contributed by atoms with Gasteiger partial charge < -0.3 is 9.30 Å². The number of carbonyl (C=O) groups excluding carboxylic acids is 2. The van der Waals surface area contributed by atoms with Gasteiger partial charge in [0.15, 0.2) is 5.92 Å². The van der Waals surface area contributed by atoms with Gasteiger partial charge in [0.05, 0.1) is 30.2 Å². The molecular formula is C27H25N3O3. The summed E-state index contributed by atoms with van der Waals surface area (Å²) in [4.78, 5) is 33.6. The lowest BCUT2D eigenvalue weighted by Gasteiger charge is -2.38. The maximum Gasteiger partial charge on any atom is 0.321 e. The van der Waals surface area contributed by atoms with E-state index in [9.17, 15) is 9.59 Å². The Morgan fingerprint density at radius 2 is 1.67 bits per heavy atom. The van der Waals surface area contributed by atoms with Gasteiger partial charge in [0.2, 0.25) is 11.9 Å². The third kappa shape index (κ3) is 3.67. The third-order valence-electron chi connectivity index (χ3n) is 6.09. The molecule has 0 fully saturated rings. The number of imidazole rings is 1. The molecule has 0 spiro atoms. The van der Waals surface area contributed by atoms with Crippen molar-refractivity contribution in [3.8, 4) is 0 Å². The van der Waals surface area contributed by atoms with Crippen LogP contribution in [-0.4, -0.2) is 28.0 Å². The standard InChI is InChI=1S/C27H25N3O3/c1-3-33-26(32)23-24(20-9-5-4-6-10-20)30-22-12-8-7-11-21(22)28-27(30)29(25(23)31)17-19-15-13-18(2)14-16-19/h4-16,23-24H,3,17H2,1-2H3. The van der Waals surface area contributed by atoms with E-state index in [-0.39, 0.29) is 12.5 Å². The summed E-state index contributed by atoms with van der Waals surface area (Å²) in [5, 5.41) is 0. The predicted molar refractivity (Wildman–Crippen MR) is 127 cm³/mol. The Hall–Kier alpha value is -3.93. The summed E-state index contributed by atoms with van der Waals surface area (Å²) in [5.74, 6) is -1.29. The number of aryl methyl sites for hydroxylation is 1. The number of fused-ring (bicyclic) bond motifs is 3. The van der Waals surface area contributed by atoms with E-state index in [1.54, 1.807) is 11.8 Å². The Labute approximate surface area is 192 Å². The topological polar surface area (TPSA) is 64.4 Å². The van der Waals surface area contributed by atoms with Gasteiger partial charge in [0.1, 0.15) is 0 Å². The molecule has 6 heteroatoms. The highest BCUT2D eigenvalue weighted by Crippen LogP contribution is 2.41. The van der Waals surface area contributed by atoms with Gasteiger partial charge in [-0.3, -0.25) is 14.5 Å². The van der Waals surface area contributed by atoms with Crippen LogP contribution in [0.4, 0.5) is 5.95 Å².